The van der Waals surface area contributed by atoms with Gasteiger partial charge >= 0.3 is 5.97 Å². The second kappa shape index (κ2) is 8.07. The lowest BCUT2D eigenvalue weighted by Crippen LogP contribution is -2.41. The number of methoxy groups -OCH3 is 1. The number of para-hydroxylation sites is 1. The summed E-state index contributed by atoms with van der Waals surface area (Å²) in [5.74, 6) is -1.02. The number of nitrogens with zero attached hydrogens (tertiary/aromatic N) is 1. The molecule has 144 valence electrons. The van der Waals surface area contributed by atoms with E-state index >= 15 is 0 Å². The van der Waals surface area contributed by atoms with Crippen molar-refractivity contribution >= 4 is 38.9 Å². The molecule has 3 rings (SSSR count). The molecule has 0 unspecified atom stereocenters. The minimum atomic E-state index is -4.08. The van der Waals surface area contributed by atoms with Crippen LogP contribution in [0.2, 0.25) is 0 Å². The second-order valence-electron chi connectivity index (χ2n) is 5.66. The summed E-state index contributed by atoms with van der Waals surface area (Å²) in [4.78, 5) is 26.0. The molecule has 1 aromatic carbocycles. The van der Waals surface area contributed by atoms with Gasteiger partial charge in [0.25, 0.3) is 15.9 Å². The Morgan fingerprint density at radius 1 is 1.19 bits per heavy atom. The van der Waals surface area contributed by atoms with Crippen LogP contribution in [0.3, 0.4) is 0 Å². The summed E-state index contributed by atoms with van der Waals surface area (Å²) in [7, 11) is -2.90. The number of sulfonamides is 1. The molecule has 10 heteroatoms. The minimum Gasteiger partial charge on any atom is -0.465 e. The molecule has 1 aliphatic rings. The van der Waals surface area contributed by atoms with E-state index in [0.29, 0.717) is 26.3 Å². The highest BCUT2D eigenvalue weighted by molar-refractivity contribution is 7.93. The van der Waals surface area contributed by atoms with Gasteiger partial charge in [0.05, 0.1) is 31.6 Å². The number of anilines is 1. The Balaban J connectivity index is 1.91. The number of carbonyl (C=O) groups excluding carboxylic acids is 2. The van der Waals surface area contributed by atoms with Crippen LogP contribution in [0.1, 0.15) is 20.0 Å². The second-order valence-corrected chi connectivity index (χ2v) is 8.23. The van der Waals surface area contributed by atoms with Crippen LogP contribution >= 0.6 is 11.3 Å². The first-order valence-electron chi connectivity index (χ1n) is 8.08. The molecule has 0 atom stereocenters. The number of morpholine rings is 1. The summed E-state index contributed by atoms with van der Waals surface area (Å²) < 4.78 is 37.9. The molecule has 2 heterocycles. The molecule has 1 aromatic heterocycles. The summed E-state index contributed by atoms with van der Waals surface area (Å²) in [6.45, 7) is 1.77. The molecule has 0 aliphatic carbocycles. The van der Waals surface area contributed by atoms with Gasteiger partial charge in [-0.3, -0.25) is 9.52 Å². The van der Waals surface area contributed by atoms with Crippen molar-refractivity contribution in [3.8, 4) is 0 Å². The molecule has 0 bridgehead atoms. The fourth-order valence-corrected chi connectivity index (χ4v) is 5.06. The Bertz CT molecular complexity index is 948. The average Bonchev–Trinajstić information content (AvgIpc) is 3.19. The van der Waals surface area contributed by atoms with Gasteiger partial charge in [-0.25, -0.2) is 13.2 Å². The Kier molecular flexibility index (Phi) is 5.78. The fraction of sp³-hybridized carbons (Fsp3) is 0.294. The van der Waals surface area contributed by atoms with E-state index in [4.69, 9.17) is 4.74 Å². The van der Waals surface area contributed by atoms with Crippen molar-refractivity contribution in [1.29, 1.82) is 0 Å². The van der Waals surface area contributed by atoms with Crippen LogP contribution in [0.15, 0.2) is 40.6 Å². The lowest BCUT2D eigenvalue weighted by atomic mass is 10.1. The number of carbonyl (C=O) groups is 2. The highest BCUT2D eigenvalue weighted by Crippen LogP contribution is 2.27. The SMILES string of the molecule is COC(=O)c1sccc1S(=O)(=O)Nc1ccccc1C(=O)N1CCOCC1. The van der Waals surface area contributed by atoms with Crippen molar-refractivity contribution in [2.45, 2.75) is 4.90 Å². The number of amides is 1. The van der Waals surface area contributed by atoms with E-state index in [0.717, 1.165) is 11.3 Å². The third-order valence-electron chi connectivity index (χ3n) is 3.99. The highest BCUT2D eigenvalue weighted by Gasteiger charge is 2.27. The highest BCUT2D eigenvalue weighted by atomic mass is 32.2. The number of hydrogen-bond acceptors (Lipinski definition) is 7. The number of hydrogen-bond donors (Lipinski definition) is 1. The number of rotatable bonds is 5. The predicted octanol–water partition coefficient (Wildman–Crippen LogP) is 1.81. The molecule has 0 spiro atoms. The van der Waals surface area contributed by atoms with E-state index in [1.165, 1.54) is 24.6 Å². The number of thiophene rings is 1. The smallest absolute Gasteiger partial charge is 0.349 e. The normalized spacial score (nSPS) is 14.6. The zero-order valence-electron chi connectivity index (χ0n) is 14.5. The van der Waals surface area contributed by atoms with Crippen molar-refractivity contribution < 1.29 is 27.5 Å². The van der Waals surface area contributed by atoms with Crippen molar-refractivity contribution in [1.82, 2.24) is 4.90 Å². The number of esters is 1. The topological polar surface area (TPSA) is 102 Å². The van der Waals surface area contributed by atoms with Crippen LogP contribution in [0.4, 0.5) is 5.69 Å². The molecule has 27 heavy (non-hydrogen) atoms. The van der Waals surface area contributed by atoms with E-state index in [-0.39, 0.29) is 26.9 Å². The maximum Gasteiger partial charge on any atom is 0.349 e. The zero-order valence-corrected chi connectivity index (χ0v) is 16.1. The molecule has 0 radical (unpaired) electrons. The monoisotopic (exact) mass is 410 g/mol. The number of ether oxygens (including phenoxy) is 2. The van der Waals surface area contributed by atoms with Crippen molar-refractivity contribution in [2.75, 3.05) is 38.1 Å². The van der Waals surface area contributed by atoms with Crippen LogP contribution < -0.4 is 4.72 Å². The summed E-state index contributed by atoms with van der Waals surface area (Å²) in [5, 5.41) is 1.49. The molecule has 8 nitrogen and oxygen atoms in total. The zero-order chi connectivity index (χ0) is 19.4. The van der Waals surface area contributed by atoms with Gasteiger partial charge in [-0.15, -0.1) is 11.3 Å². The van der Waals surface area contributed by atoms with Crippen molar-refractivity contribution in [2.24, 2.45) is 0 Å². The number of nitrogens with one attached hydrogen (secondary N) is 1. The van der Waals surface area contributed by atoms with Gasteiger partial charge in [-0.05, 0) is 23.6 Å². The van der Waals surface area contributed by atoms with Crippen molar-refractivity contribution in [3.05, 3.63) is 46.2 Å². The molecule has 1 aliphatic heterocycles. The van der Waals surface area contributed by atoms with E-state index < -0.39 is 16.0 Å². The first-order chi connectivity index (χ1) is 12.9. The van der Waals surface area contributed by atoms with Gasteiger partial charge in [0.15, 0.2) is 0 Å². The van der Waals surface area contributed by atoms with Gasteiger partial charge in [0.2, 0.25) is 0 Å². The van der Waals surface area contributed by atoms with E-state index in [9.17, 15) is 18.0 Å². The predicted molar refractivity (Wildman–Crippen MR) is 99.6 cm³/mol. The maximum atomic E-state index is 12.8. The quantitative estimate of drug-likeness (QED) is 0.755. The van der Waals surface area contributed by atoms with Crippen LogP contribution in [0.5, 0.6) is 0 Å². The maximum absolute atomic E-state index is 12.8. The largest absolute Gasteiger partial charge is 0.465 e. The third-order valence-corrected chi connectivity index (χ3v) is 6.42. The summed E-state index contributed by atoms with van der Waals surface area (Å²) in [5.41, 5.74) is 0.383. The average molecular weight is 410 g/mol. The molecule has 1 amide bonds. The van der Waals surface area contributed by atoms with E-state index in [2.05, 4.69) is 9.46 Å². The van der Waals surface area contributed by atoms with Crippen LogP contribution in [-0.2, 0) is 19.5 Å². The Hall–Kier alpha value is -2.43. The molecule has 1 fully saturated rings. The molecule has 0 saturated carbocycles. The third kappa shape index (κ3) is 4.12. The summed E-state index contributed by atoms with van der Waals surface area (Å²) in [6, 6.07) is 7.68. The molecular weight excluding hydrogens is 392 g/mol. The molecule has 2 aromatic rings. The summed E-state index contributed by atoms with van der Waals surface area (Å²) in [6.07, 6.45) is 0. The van der Waals surface area contributed by atoms with E-state index in [1.807, 2.05) is 0 Å². The van der Waals surface area contributed by atoms with Gasteiger partial charge < -0.3 is 14.4 Å². The standard InChI is InChI=1S/C17H18N2O6S2/c1-24-17(21)15-14(6-11-26-15)27(22,23)18-13-5-3-2-4-12(13)16(20)19-7-9-25-10-8-19/h2-6,11,18H,7-10H2,1H3. The van der Waals surface area contributed by atoms with Gasteiger partial charge in [0, 0.05) is 13.1 Å². The molecule has 1 N–H and O–H groups in total. The Morgan fingerprint density at radius 3 is 2.59 bits per heavy atom. The Morgan fingerprint density at radius 2 is 1.89 bits per heavy atom. The van der Waals surface area contributed by atoms with Crippen LogP contribution in [0.25, 0.3) is 0 Å². The van der Waals surface area contributed by atoms with Crippen molar-refractivity contribution in [3.63, 3.8) is 0 Å². The van der Waals surface area contributed by atoms with Gasteiger partial charge in [-0.1, -0.05) is 12.1 Å². The molecular formula is C17H18N2O6S2. The fourth-order valence-electron chi connectivity index (χ4n) is 2.65. The Labute approximate surface area is 160 Å². The van der Waals surface area contributed by atoms with Crippen LogP contribution in [-0.4, -0.2) is 58.6 Å². The first kappa shape index (κ1) is 19.3. The molecule has 1 saturated heterocycles. The summed E-state index contributed by atoms with van der Waals surface area (Å²) >= 11 is 0.970. The van der Waals surface area contributed by atoms with E-state index in [1.54, 1.807) is 23.1 Å². The lowest BCUT2D eigenvalue weighted by Gasteiger charge is -2.27. The van der Waals surface area contributed by atoms with Gasteiger partial charge in [-0.2, -0.15) is 0 Å². The number of benzene rings is 1. The lowest BCUT2D eigenvalue weighted by molar-refractivity contribution is 0.0303. The van der Waals surface area contributed by atoms with Gasteiger partial charge in [0.1, 0.15) is 9.77 Å². The first-order valence-corrected chi connectivity index (χ1v) is 10.4. The van der Waals surface area contributed by atoms with Crippen LogP contribution in [0, 0.1) is 0 Å². The minimum absolute atomic E-state index is 0.0259.